The largest absolute Gasteiger partial charge is 0.243 e. The van der Waals surface area contributed by atoms with Crippen LogP contribution in [0.2, 0.25) is 0 Å². The quantitative estimate of drug-likeness (QED) is 0.802. The zero-order valence-corrected chi connectivity index (χ0v) is 14.6. The highest BCUT2D eigenvalue weighted by Gasteiger charge is 2.29. The van der Waals surface area contributed by atoms with Crippen molar-refractivity contribution >= 4 is 10.0 Å². The van der Waals surface area contributed by atoms with E-state index in [-0.39, 0.29) is 16.7 Å². The van der Waals surface area contributed by atoms with E-state index in [1.807, 2.05) is 27.7 Å². The van der Waals surface area contributed by atoms with Gasteiger partial charge in [0.2, 0.25) is 10.0 Å². The average Bonchev–Trinajstić information content (AvgIpc) is 2.24. The minimum Gasteiger partial charge on any atom is -0.207 e. The third kappa shape index (κ3) is 4.51. The second-order valence-corrected chi connectivity index (χ2v) is 8.35. The first kappa shape index (κ1) is 18.1. The molecule has 0 aromatic heterocycles. The van der Waals surface area contributed by atoms with Crippen LogP contribution in [0.1, 0.15) is 38.8 Å². The Morgan fingerprint density at radius 3 is 1.71 bits per heavy atom. The zero-order valence-electron chi connectivity index (χ0n) is 13.8. The minimum atomic E-state index is -3.60. The van der Waals surface area contributed by atoms with Gasteiger partial charge in [-0.15, -0.1) is 0 Å². The van der Waals surface area contributed by atoms with E-state index >= 15 is 0 Å². The molecule has 1 aromatic rings. The standard InChI is InChI=1S/C16H26FNO2S/c1-11(2)9-18(10-12(3)4)21(19,20)16-13(5)7-15(17)8-14(16)6/h7-8,11-12H,9-10H2,1-6H3. The van der Waals surface area contributed by atoms with E-state index in [0.29, 0.717) is 24.2 Å². The summed E-state index contributed by atoms with van der Waals surface area (Å²) in [6.45, 7) is 12.2. The number of sulfonamides is 1. The number of rotatable bonds is 6. The molecule has 0 bridgehead atoms. The summed E-state index contributed by atoms with van der Waals surface area (Å²) in [5, 5.41) is 0. The number of halogens is 1. The van der Waals surface area contributed by atoms with E-state index in [9.17, 15) is 12.8 Å². The summed E-state index contributed by atoms with van der Waals surface area (Å²) >= 11 is 0. The zero-order chi connectivity index (χ0) is 16.4. The summed E-state index contributed by atoms with van der Waals surface area (Å²) in [6, 6.07) is 2.56. The Labute approximate surface area is 128 Å². The smallest absolute Gasteiger partial charge is 0.207 e. The van der Waals surface area contributed by atoms with Gasteiger partial charge in [-0.3, -0.25) is 0 Å². The Bertz CT molecular complexity index is 561. The SMILES string of the molecule is Cc1cc(F)cc(C)c1S(=O)(=O)N(CC(C)C)CC(C)C. The topological polar surface area (TPSA) is 37.4 Å². The van der Waals surface area contributed by atoms with Gasteiger partial charge >= 0.3 is 0 Å². The third-order valence-electron chi connectivity index (χ3n) is 3.16. The molecule has 1 aromatic carbocycles. The first-order chi connectivity index (χ1) is 9.55. The van der Waals surface area contributed by atoms with Crippen molar-refractivity contribution in [3.63, 3.8) is 0 Å². The van der Waals surface area contributed by atoms with Gasteiger partial charge in [0.25, 0.3) is 0 Å². The molecule has 0 aliphatic carbocycles. The van der Waals surface area contributed by atoms with E-state index in [0.717, 1.165) is 0 Å². The summed E-state index contributed by atoms with van der Waals surface area (Å²) in [4.78, 5) is 0.241. The van der Waals surface area contributed by atoms with Crippen molar-refractivity contribution in [3.05, 3.63) is 29.1 Å². The van der Waals surface area contributed by atoms with E-state index in [4.69, 9.17) is 0 Å². The van der Waals surface area contributed by atoms with Gasteiger partial charge in [0, 0.05) is 13.1 Å². The van der Waals surface area contributed by atoms with Crippen molar-refractivity contribution in [3.8, 4) is 0 Å². The van der Waals surface area contributed by atoms with Crippen LogP contribution in [-0.4, -0.2) is 25.8 Å². The predicted molar refractivity (Wildman–Crippen MR) is 84.3 cm³/mol. The summed E-state index contributed by atoms with van der Waals surface area (Å²) in [5.74, 6) is 0.0717. The van der Waals surface area contributed by atoms with E-state index in [1.54, 1.807) is 13.8 Å². The van der Waals surface area contributed by atoms with Crippen molar-refractivity contribution in [2.45, 2.75) is 46.4 Å². The van der Waals surface area contributed by atoms with Crippen molar-refractivity contribution in [1.29, 1.82) is 0 Å². The molecule has 0 saturated heterocycles. The number of hydrogen-bond acceptors (Lipinski definition) is 2. The van der Waals surface area contributed by atoms with E-state index in [1.165, 1.54) is 16.4 Å². The fourth-order valence-corrected chi connectivity index (χ4v) is 4.70. The van der Waals surface area contributed by atoms with Gasteiger partial charge in [-0.2, -0.15) is 4.31 Å². The summed E-state index contributed by atoms with van der Waals surface area (Å²) < 4.78 is 40.9. The van der Waals surface area contributed by atoms with Crippen molar-refractivity contribution in [1.82, 2.24) is 4.31 Å². The second kappa shape index (κ2) is 6.88. The van der Waals surface area contributed by atoms with Gasteiger partial charge in [-0.25, -0.2) is 12.8 Å². The molecule has 0 radical (unpaired) electrons. The van der Waals surface area contributed by atoms with Gasteiger partial charge in [0.1, 0.15) is 5.82 Å². The molecule has 21 heavy (non-hydrogen) atoms. The van der Waals surface area contributed by atoms with Gasteiger partial charge in [-0.05, 0) is 48.9 Å². The average molecular weight is 315 g/mol. The maximum Gasteiger partial charge on any atom is 0.243 e. The molecule has 0 aliphatic rings. The molecule has 1 rings (SSSR count). The van der Waals surface area contributed by atoms with Crippen LogP contribution in [0.4, 0.5) is 4.39 Å². The minimum absolute atomic E-state index is 0.236. The van der Waals surface area contributed by atoms with Crippen LogP contribution in [0.25, 0.3) is 0 Å². The Morgan fingerprint density at radius 2 is 1.38 bits per heavy atom. The fourth-order valence-electron chi connectivity index (χ4n) is 2.52. The number of benzene rings is 1. The summed E-state index contributed by atoms with van der Waals surface area (Å²) in [6.07, 6.45) is 0. The monoisotopic (exact) mass is 315 g/mol. The van der Waals surface area contributed by atoms with Crippen LogP contribution in [-0.2, 0) is 10.0 Å². The lowest BCUT2D eigenvalue weighted by molar-refractivity contribution is 0.333. The molecule has 5 heteroatoms. The Kier molecular flexibility index (Phi) is 5.93. The molecule has 0 heterocycles. The molecule has 120 valence electrons. The van der Waals surface area contributed by atoms with Crippen molar-refractivity contribution in [2.24, 2.45) is 11.8 Å². The van der Waals surface area contributed by atoms with Gasteiger partial charge in [0.15, 0.2) is 0 Å². The summed E-state index contributed by atoms with van der Waals surface area (Å²) in [7, 11) is -3.60. The second-order valence-electron chi connectivity index (χ2n) is 6.48. The normalized spacial score (nSPS) is 12.7. The molecule has 0 saturated carbocycles. The highest BCUT2D eigenvalue weighted by molar-refractivity contribution is 7.89. The Hall–Kier alpha value is -0.940. The third-order valence-corrected chi connectivity index (χ3v) is 5.30. The van der Waals surface area contributed by atoms with Gasteiger partial charge in [-0.1, -0.05) is 27.7 Å². The molecule has 0 spiro atoms. The van der Waals surface area contributed by atoms with Gasteiger partial charge in [0.05, 0.1) is 4.90 Å². The summed E-state index contributed by atoms with van der Waals surface area (Å²) in [5.41, 5.74) is 0.926. The van der Waals surface area contributed by atoms with Crippen LogP contribution in [0.15, 0.2) is 17.0 Å². The van der Waals surface area contributed by atoms with Crippen LogP contribution in [0.3, 0.4) is 0 Å². The molecule has 0 atom stereocenters. The van der Waals surface area contributed by atoms with Crippen molar-refractivity contribution in [2.75, 3.05) is 13.1 Å². The number of nitrogens with zero attached hydrogens (tertiary/aromatic N) is 1. The van der Waals surface area contributed by atoms with Crippen LogP contribution in [0, 0.1) is 31.5 Å². The van der Waals surface area contributed by atoms with Crippen LogP contribution >= 0.6 is 0 Å². The lowest BCUT2D eigenvalue weighted by Gasteiger charge is -2.27. The molecule has 0 unspecified atom stereocenters. The lowest BCUT2D eigenvalue weighted by Crippen LogP contribution is -2.37. The Morgan fingerprint density at radius 1 is 1.00 bits per heavy atom. The number of aryl methyl sites for hydroxylation is 2. The molecule has 0 amide bonds. The molecule has 3 nitrogen and oxygen atoms in total. The first-order valence-electron chi connectivity index (χ1n) is 7.32. The van der Waals surface area contributed by atoms with Crippen molar-refractivity contribution < 1.29 is 12.8 Å². The van der Waals surface area contributed by atoms with Gasteiger partial charge < -0.3 is 0 Å². The predicted octanol–water partition coefficient (Wildman–Crippen LogP) is 3.75. The van der Waals surface area contributed by atoms with E-state index in [2.05, 4.69) is 0 Å². The van der Waals surface area contributed by atoms with Crippen LogP contribution < -0.4 is 0 Å². The maximum absolute atomic E-state index is 13.4. The fraction of sp³-hybridized carbons (Fsp3) is 0.625. The molecular formula is C16H26FNO2S. The molecule has 0 fully saturated rings. The molecule has 0 N–H and O–H groups in total. The highest BCUT2D eigenvalue weighted by Crippen LogP contribution is 2.26. The first-order valence-corrected chi connectivity index (χ1v) is 8.76. The molecular weight excluding hydrogens is 289 g/mol. The van der Waals surface area contributed by atoms with E-state index < -0.39 is 15.8 Å². The highest BCUT2D eigenvalue weighted by atomic mass is 32.2. The Balaban J connectivity index is 3.35. The molecule has 0 aliphatic heterocycles. The van der Waals surface area contributed by atoms with Crippen LogP contribution in [0.5, 0.6) is 0 Å². The lowest BCUT2D eigenvalue weighted by atomic mass is 10.1. The maximum atomic E-state index is 13.4. The number of hydrogen-bond donors (Lipinski definition) is 0.